The van der Waals surface area contributed by atoms with E-state index in [1.807, 2.05) is 13.0 Å². The average molecular weight is 340 g/mol. The monoisotopic (exact) mass is 339 g/mol. The second kappa shape index (κ2) is 5.98. The minimum atomic E-state index is -0.507. The highest BCUT2D eigenvalue weighted by molar-refractivity contribution is 9.10. The number of ether oxygens (including phenoxy) is 2. The standard InChI is InChI=1S/C15H18BrNO3/c1-10-13(19-2)11(8-12(16)14(10)20-3)15(17-9-18)6-4-5-7-15/h8H,4-7H2,1-3H3. The summed E-state index contributed by atoms with van der Waals surface area (Å²) in [5.41, 5.74) is 1.34. The van der Waals surface area contributed by atoms with E-state index in [2.05, 4.69) is 20.9 Å². The van der Waals surface area contributed by atoms with Crippen LogP contribution in [0.25, 0.3) is 0 Å². The zero-order chi connectivity index (χ0) is 14.8. The number of benzene rings is 1. The number of isocyanates is 1. The average Bonchev–Trinajstić information content (AvgIpc) is 2.89. The summed E-state index contributed by atoms with van der Waals surface area (Å²) in [4.78, 5) is 15.0. The molecule has 1 saturated carbocycles. The van der Waals surface area contributed by atoms with Crippen molar-refractivity contribution >= 4 is 22.0 Å². The van der Waals surface area contributed by atoms with Gasteiger partial charge in [-0.15, -0.1) is 0 Å². The van der Waals surface area contributed by atoms with Crippen molar-refractivity contribution in [3.8, 4) is 11.5 Å². The van der Waals surface area contributed by atoms with Crippen LogP contribution in [0.4, 0.5) is 0 Å². The lowest BCUT2D eigenvalue weighted by Gasteiger charge is -2.27. The number of aliphatic imine (C=N–C) groups is 1. The Labute approximate surface area is 127 Å². The van der Waals surface area contributed by atoms with Gasteiger partial charge >= 0.3 is 0 Å². The molecular formula is C15H18BrNO3. The van der Waals surface area contributed by atoms with Crippen molar-refractivity contribution in [2.75, 3.05) is 14.2 Å². The smallest absolute Gasteiger partial charge is 0.235 e. The largest absolute Gasteiger partial charge is 0.496 e. The van der Waals surface area contributed by atoms with Crippen molar-refractivity contribution in [1.82, 2.24) is 0 Å². The lowest BCUT2D eigenvalue weighted by Crippen LogP contribution is -2.20. The van der Waals surface area contributed by atoms with Crippen LogP contribution in [0.5, 0.6) is 11.5 Å². The third-order valence-corrected chi connectivity index (χ3v) is 4.60. The van der Waals surface area contributed by atoms with Gasteiger partial charge in [0.2, 0.25) is 6.08 Å². The summed E-state index contributed by atoms with van der Waals surface area (Å²) in [7, 11) is 3.26. The normalized spacial score (nSPS) is 16.6. The van der Waals surface area contributed by atoms with E-state index in [1.165, 1.54) is 0 Å². The fourth-order valence-corrected chi connectivity index (χ4v) is 3.78. The quantitative estimate of drug-likeness (QED) is 0.617. The molecule has 1 aliphatic rings. The molecular weight excluding hydrogens is 322 g/mol. The Kier molecular flexibility index (Phi) is 4.51. The van der Waals surface area contributed by atoms with Gasteiger partial charge in [0.1, 0.15) is 17.0 Å². The predicted molar refractivity (Wildman–Crippen MR) is 80.3 cm³/mol. The van der Waals surface area contributed by atoms with Gasteiger partial charge in [-0.25, -0.2) is 4.79 Å². The first-order valence-electron chi connectivity index (χ1n) is 6.60. The number of hydrogen-bond acceptors (Lipinski definition) is 4. The molecule has 0 amide bonds. The second-order valence-corrected chi connectivity index (χ2v) is 5.89. The van der Waals surface area contributed by atoms with Gasteiger partial charge < -0.3 is 9.47 Å². The Hall–Kier alpha value is -1.32. The van der Waals surface area contributed by atoms with Crippen molar-refractivity contribution in [2.45, 2.75) is 38.1 Å². The first-order chi connectivity index (χ1) is 9.59. The molecule has 2 rings (SSSR count). The first-order valence-corrected chi connectivity index (χ1v) is 7.39. The Morgan fingerprint density at radius 2 is 1.85 bits per heavy atom. The molecule has 20 heavy (non-hydrogen) atoms. The second-order valence-electron chi connectivity index (χ2n) is 5.04. The van der Waals surface area contributed by atoms with Gasteiger partial charge in [0.25, 0.3) is 0 Å². The molecule has 0 unspecified atom stereocenters. The van der Waals surface area contributed by atoms with Crippen LogP contribution in [0.3, 0.4) is 0 Å². The van der Waals surface area contributed by atoms with E-state index in [-0.39, 0.29) is 0 Å². The topological polar surface area (TPSA) is 47.9 Å². The molecule has 0 N–H and O–H groups in total. The number of carbonyl (C=O) groups excluding carboxylic acids is 1. The molecule has 0 heterocycles. The van der Waals surface area contributed by atoms with Gasteiger partial charge in [0.15, 0.2) is 0 Å². The molecule has 0 atom stereocenters. The SMILES string of the molecule is COc1c(Br)cc(C2(N=C=O)CCCC2)c(OC)c1C. The third-order valence-electron chi connectivity index (χ3n) is 4.01. The Balaban J connectivity index is 2.69. The molecule has 1 aliphatic carbocycles. The highest BCUT2D eigenvalue weighted by Gasteiger charge is 2.39. The summed E-state index contributed by atoms with van der Waals surface area (Å²) < 4.78 is 11.8. The molecule has 0 aromatic heterocycles. The fourth-order valence-electron chi connectivity index (χ4n) is 3.09. The van der Waals surface area contributed by atoms with Crippen molar-refractivity contribution in [1.29, 1.82) is 0 Å². The van der Waals surface area contributed by atoms with Gasteiger partial charge in [0.05, 0.1) is 18.7 Å². The van der Waals surface area contributed by atoms with E-state index >= 15 is 0 Å². The van der Waals surface area contributed by atoms with Crippen LogP contribution in [0.1, 0.15) is 36.8 Å². The van der Waals surface area contributed by atoms with Crippen LogP contribution < -0.4 is 9.47 Å². The van der Waals surface area contributed by atoms with Crippen molar-refractivity contribution < 1.29 is 14.3 Å². The van der Waals surface area contributed by atoms with Crippen LogP contribution in [0.2, 0.25) is 0 Å². The molecule has 0 spiro atoms. The van der Waals surface area contributed by atoms with Gasteiger partial charge in [-0.05, 0) is 41.8 Å². The van der Waals surface area contributed by atoms with Gasteiger partial charge in [-0.2, -0.15) is 4.99 Å². The maximum atomic E-state index is 10.9. The van der Waals surface area contributed by atoms with Gasteiger partial charge in [-0.3, -0.25) is 0 Å². The maximum absolute atomic E-state index is 10.9. The number of rotatable bonds is 4. The molecule has 1 fully saturated rings. The lowest BCUT2D eigenvalue weighted by atomic mass is 9.87. The molecule has 1 aromatic carbocycles. The summed E-state index contributed by atoms with van der Waals surface area (Å²) in [6.07, 6.45) is 5.53. The summed E-state index contributed by atoms with van der Waals surface area (Å²) in [5.74, 6) is 1.49. The van der Waals surface area contributed by atoms with Crippen LogP contribution in [-0.4, -0.2) is 20.3 Å². The Morgan fingerprint density at radius 3 is 2.35 bits per heavy atom. The van der Waals surface area contributed by atoms with Crippen molar-refractivity contribution in [3.05, 3.63) is 21.7 Å². The zero-order valence-electron chi connectivity index (χ0n) is 12.0. The van der Waals surface area contributed by atoms with Crippen molar-refractivity contribution in [3.63, 3.8) is 0 Å². The van der Waals surface area contributed by atoms with Crippen LogP contribution in [0.15, 0.2) is 15.5 Å². The van der Waals surface area contributed by atoms with Crippen LogP contribution >= 0.6 is 15.9 Å². The summed E-state index contributed by atoms with van der Waals surface area (Å²) >= 11 is 3.52. The number of methoxy groups -OCH3 is 2. The predicted octanol–water partition coefficient (Wildman–Crippen LogP) is 3.88. The minimum absolute atomic E-state index is 0.507. The van der Waals surface area contributed by atoms with Crippen LogP contribution in [0, 0.1) is 6.92 Å². The van der Waals surface area contributed by atoms with Crippen LogP contribution in [-0.2, 0) is 10.3 Å². The Bertz CT molecular complexity index is 559. The first kappa shape index (κ1) is 15.1. The highest BCUT2D eigenvalue weighted by atomic mass is 79.9. The molecule has 1 aromatic rings. The molecule has 108 valence electrons. The highest BCUT2D eigenvalue weighted by Crippen LogP contribution is 2.49. The van der Waals surface area contributed by atoms with E-state index < -0.39 is 5.54 Å². The number of nitrogens with zero attached hydrogens (tertiary/aromatic N) is 1. The lowest BCUT2D eigenvalue weighted by molar-refractivity contribution is 0.364. The molecule has 0 bridgehead atoms. The van der Waals surface area contributed by atoms with Crippen molar-refractivity contribution in [2.24, 2.45) is 4.99 Å². The summed E-state index contributed by atoms with van der Waals surface area (Å²) in [5, 5.41) is 0. The molecule has 0 aliphatic heterocycles. The molecule has 4 nitrogen and oxygen atoms in total. The fraction of sp³-hybridized carbons (Fsp3) is 0.533. The summed E-state index contributed by atoms with van der Waals surface area (Å²) in [6.45, 7) is 1.94. The maximum Gasteiger partial charge on any atom is 0.235 e. The van der Waals surface area contributed by atoms with E-state index in [4.69, 9.17) is 9.47 Å². The molecule has 0 saturated heterocycles. The molecule has 0 radical (unpaired) electrons. The third kappa shape index (κ3) is 2.36. The van der Waals surface area contributed by atoms with E-state index in [9.17, 15) is 4.79 Å². The van der Waals surface area contributed by atoms with Gasteiger partial charge in [-0.1, -0.05) is 12.8 Å². The number of halogens is 1. The van der Waals surface area contributed by atoms with Gasteiger partial charge in [0, 0.05) is 11.1 Å². The van der Waals surface area contributed by atoms with E-state index in [0.717, 1.165) is 52.8 Å². The zero-order valence-corrected chi connectivity index (χ0v) is 13.5. The number of hydrogen-bond donors (Lipinski definition) is 0. The van der Waals surface area contributed by atoms with E-state index in [1.54, 1.807) is 20.3 Å². The molecule has 5 heteroatoms. The van der Waals surface area contributed by atoms with E-state index in [0.29, 0.717) is 0 Å². The minimum Gasteiger partial charge on any atom is -0.496 e. The summed E-state index contributed by atoms with van der Waals surface area (Å²) in [6, 6.07) is 1.96. The Morgan fingerprint density at radius 1 is 1.25 bits per heavy atom.